The van der Waals surface area contributed by atoms with Gasteiger partial charge >= 0.3 is 12.1 Å². The summed E-state index contributed by atoms with van der Waals surface area (Å²) in [7, 11) is 1.31. The maximum atomic E-state index is 13.9. The Morgan fingerprint density at radius 3 is 2.02 bits per heavy atom. The van der Waals surface area contributed by atoms with Gasteiger partial charge in [-0.3, -0.25) is 9.59 Å². The Morgan fingerprint density at radius 1 is 0.804 bits per heavy atom. The third kappa shape index (κ3) is 7.73. The SMILES string of the molecule is CCOC(=O)N1CCN(C(=O)[C@H](Cc2ccc(C(=O)OC)cc2)NC(=O)c2cc(-c3ccccc3)nc(-c3ccccc3)n2)CC1. The number of nitrogens with zero attached hydrogens (tertiary/aromatic N) is 4. The van der Waals surface area contributed by atoms with Crippen molar-refractivity contribution in [2.75, 3.05) is 39.9 Å². The third-order valence-electron chi connectivity index (χ3n) is 7.60. The van der Waals surface area contributed by atoms with Crippen LogP contribution in [0.1, 0.15) is 33.3 Å². The van der Waals surface area contributed by atoms with Crippen molar-refractivity contribution < 1.29 is 28.7 Å². The molecule has 4 aromatic rings. The molecule has 0 spiro atoms. The Balaban J connectivity index is 1.43. The second-order valence-electron chi connectivity index (χ2n) is 10.6. The van der Waals surface area contributed by atoms with Crippen LogP contribution in [0.5, 0.6) is 0 Å². The minimum Gasteiger partial charge on any atom is -0.465 e. The van der Waals surface area contributed by atoms with Gasteiger partial charge in [-0.1, -0.05) is 72.8 Å². The number of carbonyl (C=O) groups excluding carboxylic acids is 4. The van der Waals surface area contributed by atoms with Crippen LogP contribution in [0.15, 0.2) is 91.0 Å². The first-order valence-electron chi connectivity index (χ1n) is 15.0. The van der Waals surface area contributed by atoms with Crippen molar-refractivity contribution in [2.24, 2.45) is 0 Å². The van der Waals surface area contributed by atoms with Gasteiger partial charge in [-0.15, -0.1) is 0 Å². The molecule has 2 heterocycles. The van der Waals surface area contributed by atoms with Gasteiger partial charge in [0.15, 0.2) is 5.82 Å². The molecule has 0 unspecified atom stereocenters. The second kappa shape index (κ2) is 14.9. The lowest BCUT2D eigenvalue weighted by molar-refractivity contribution is -0.134. The summed E-state index contributed by atoms with van der Waals surface area (Å²) < 4.78 is 9.90. The highest BCUT2D eigenvalue weighted by atomic mass is 16.6. The van der Waals surface area contributed by atoms with E-state index < -0.39 is 24.0 Å². The van der Waals surface area contributed by atoms with E-state index in [9.17, 15) is 19.2 Å². The maximum absolute atomic E-state index is 13.9. The normalized spacial score (nSPS) is 13.4. The summed E-state index contributed by atoms with van der Waals surface area (Å²) in [5, 5.41) is 2.92. The number of rotatable bonds is 9. The van der Waals surface area contributed by atoms with E-state index in [4.69, 9.17) is 14.5 Å². The van der Waals surface area contributed by atoms with Crippen molar-refractivity contribution in [3.63, 3.8) is 0 Å². The van der Waals surface area contributed by atoms with Crippen LogP contribution in [-0.2, 0) is 20.7 Å². The Labute approximate surface area is 267 Å². The summed E-state index contributed by atoms with van der Waals surface area (Å²) in [4.78, 5) is 64.5. The molecular weight excluding hydrogens is 586 g/mol. The lowest BCUT2D eigenvalue weighted by Gasteiger charge is -2.36. The number of hydrogen-bond acceptors (Lipinski definition) is 8. The molecule has 1 atom stereocenters. The van der Waals surface area contributed by atoms with E-state index >= 15 is 0 Å². The summed E-state index contributed by atoms with van der Waals surface area (Å²) in [5.74, 6) is -0.927. The molecule has 1 aliphatic rings. The van der Waals surface area contributed by atoms with Crippen LogP contribution in [0.2, 0.25) is 0 Å². The molecule has 0 aliphatic carbocycles. The van der Waals surface area contributed by atoms with Gasteiger partial charge in [0.1, 0.15) is 11.7 Å². The third-order valence-corrected chi connectivity index (χ3v) is 7.60. The van der Waals surface area contributed by atoms with Gasteiger partial charge in [-0.25, -0.2) is 19.6 Å². The van der Waals surface area contributed by atoms with E-state index in [1.165, 1.54) is 7.11 Å². The van der Waals surface area contributed by atoms with Crippen LogP contribution in [0.3, 0.4) is 0 Å². The highest BCUT2D eigenvalue weighted by molar-refractivity contribution is 5.97. The quantitative estimate of drug-likeness (QED) is 0.275. The summed E-state index contributed by atoms with van der Waals surface area (Å²) in [6.07, 6.45) is -0.260. The first-order valence-corrected chi connectivity index (χ1v) is 15.0. The predicted molar refractivity (Wildman–Crippen MR) is 171 cm³/mol. The van der Waals surface area contributed by atoms with E-state index in [0.29, 0.717) is 30.2 Å². The Morgan fingerprint density at radius 2 is 1.41 bits per heavy atom. The standard InChI is InChI=1S/C35H35N5O6/c1-3-46-35(44)40-20-18-39(19-21-40)33(42)30(22-24-14-16-27(17-15-24)34(43)45-2)38-32(41)29-23-28(25-10-6-4-7-11-25)36-31(37-29)26-12-8-5-9-13-26/h4-17,23,30H,3,18-22H2,1-2H3,(H,38,41)/t30-/m0/s1. The maximum Gasteiger partial charge on any atom is 0.409 e. The molecule has 0 radical (unpaired) electrons. The van der Waals surface area contributed by atoms with Gasteiger partial charge in [0.05, 0.1) is 25.0 Å². The summed E-state index contributed by atoms with van der Waals surface area (Å²) in [5.41, 5.74) is 3.33. The summed E-state index contributed by atoms with van der Waals surface area (Å²) in [6.45, 7) is 3.20. The number of nitrogens with one attached hydrogen (secondary N) is 1. The molecule has 1 saturated heterocycles. The molecule has 3 amide bonds. The number of ether oxygens (including phenoxy) is 2. The largest absolute Gasteiger partial charge is 0.465 e. The van der Waals surface area contributed by atoms with E-state index in [1.807, 2.05) is 60.7 Å². The summed E-state index contributed by atoms with van der Waals surface area (Å²) >= 11 is 0. The molecular formula is C35H35N5O6. The van der Waals surface area contributed by atoms with E-state index in [1.54, 1.807) is 47.1 Å². The van der Waals surface area contributed by atoms with Gasteiger partial charge in [0.25, 0.3) is 5.91 Å². The van der Waals surface area contributed by atoms with Crippen molar-refractivity contribution in [3.05, 3.63) is 108 Å². The van der Waals surface area contributed by atoms with E-state index in [0.717, 1.165) is 16.7 Å². The zero-order valence-electron chi connectivity index (χ0n) is 25.7. The molecule has 0 bridgehead atoms. The number of esters is 1. The average molecular weight is 622 g/mol. The number of hydrogen-bond donors (Lipinski definition) is 1. The lowest BCUT2D eigenvalue weighted by atomic mass is 10.0. The van der Waals surface area contributed by atoms with Crippen molar-refractivity contribution in [2.45, 2.75) is 19.4 Å². The molecule has 3 aromatic carbocycles. The number of carbonyl (C=O) groups is 4. The Bertz CT molecular complexity index is 1620. The fourth-order valence-corrected chi connectivity index (χ4v) is 5.14. The first kappa shape index (κ1) is 31.8. The van der Waals surface area contributed by atoms with Gasteiger partial charge < -0.3 is 24.6 Å². The minimum absolute atomic E-state index is 0.110. The zero-order valence-corrected chi connectivity index (χ0v) is 25.7. The van der Waals surface area contributed by atoms with Crippen LogP contribution in [-0.4, -0.2) is 89.6 Å². The van der Waals surface area contributed by atoms with Gasteiger partial charge in [0.2, 0.25) is 5.91 Å². The number of piperazine rings is 1. The summed E-state index contributed by atoms with van der Waals surface area (Å²) in [6, 6.07) is 26.2. The molecule has 5 rings (SSSR count). The van der Waals surface area contributed by atoms with Crippen LogP contribution in [0.4, 0.5) is 4.79 Å². The molecule has 46 heavy (non-hydrogen) atoms. The molecule has 0 saturated carbocycles. The molecule has 236 valence electrons. The molecule has 1 aromatic heterocycles. The number of methoxy groups -OCH3 is 1. The molecule has 1 N–H and O–H groups in total. The molecule has 1 fully saturated rings. The second-order valence-corrected chi connectivity index (χ2v) is 10.6. The van der Waals surface area contributed by atoms with E-state index in [2.05, 4.69) is 10.3 Å². The number of benzene rings is 3. The van der Waals surface area contributed by atoms with Crippen molar-refractivity contribution in [1.29, 1.82) is 0 Å². The van der Waals surface area contributed by atoms with Crippen molar-refractivity contribution >= 4 is 23.9 Å². The molecule has 11 nitrogen and oxygen atoms in total. The molecule has 11 heteroatoms. The minimum atomic E-state index is -0.957. The topological polar surface area (TPSA) is 131 Å². The number of aromatic nitrogens is 2. The van der Waals surface area contributed by atoms with Crippen molar-refractivity contribution in [1.82, 2.24) is 25.1 Å². The Hall–Kier alpha value is -5.58. The predicted octanol–water partition coefficient (Wildman–Crippen LogP) is 4.24. The van der Waals surface area contributed by atoms with Crippen LogP contribution >= 0.6 is 0 Å². The monoisotopic (exact) mass is 621 g/mol. The number of amides is 3. The smallest absolute Gasteiger partial charge is 0.409 e. The average Bonchev–Trinajstić information content (AvgIpc) is 3.11. The van der Waals surface area contributed by atoms with Crippen molar-refractivity contribution in [3.8, 4) is 22.6 Å². The molecule has 1 aliphatic heterocycles. The van der Waals surface area contributed by atoms with Crippen LogP contribution in [0.25, 0.3) is 22.6 Å². The first-order chi connectivity index (χ1) is 22.4. The lowest BCUT2D eigenvalue weighted by Crippen LogP contribution is -2.56. The fraction of sp³-hybridized carbons (Fsp3) is 0.257. The van der Waals surface area contributed by atoms with E-state index in [-0.39, 0.29) is 37.7 Å². The van der Waals surface area contributed by atoms with Gasteiger partial charge in [0, 0.05) is 43.7 Å². The highest BCUT2D eigenvalue weighted by Crippen LogP contribution is 2.23. The van der Waals surface area contributed by atoms with Crippen LogP contribution < -0.4 is 5.32 Å². The van der Waals surface area contributed by atoms with Crippen LogP contribution in [0, 0.1) is 0 Å². The zero-order chi connectivity index (χ0) is 32.5. The fourth-order valence-electron chi connectivity index (χ4n) is 5.14. The van der Waals surface area contributed by atoms with Gasteiger partial charge in [-0.05, 0) is 30.7 Å². The van der Waals surface area contributed by atoms with Gasteiger partial charge in [-0.2, -0.15) is 0 Å². The highest BCUT2D eigenvalue weighted by Gasteiger charge is 2.31. The Kier molecular flexibility index (Phi) is 10.3.